The quantitative estimate of drug-likeness (QED) is 0.674. The first-order valence-corrected chi connectivity index (χ1v) is 9.94. The van der Waals surface area contributed by atoms with Gasteiger partial charge in [0.15, 0.2) is 0 Å². The first-order valence-electron chi connectivity index (χ1n) is 9.94. The number of methoxy groups -OCH3 is 1. The van der Waals surface area contributed by atoms with Crippen LogP contribution in [0.2, 0.25) is 0 Å². The fourth-order valence-electron chi connectivity index (χ4n) is 3.61. The normalized spacial score (nSPS) is 16.3. The standard InChI is InChI=1S/C22H24N4O4/c1-29-18-8-6-17(7-9-18)26-21(27)11-10-20(24-26)25-12-2-4-16(15-25)22(28)23-14-19-5-3-13-30-19/h3,5-11,13,16H,2,4,12,14-15H2,1H3,(H,23,28)/t16-/m0/s1. The average molecular weight is 408 g/mol. The Morgan fingerprint density at radius 2 is 2.07 bits per heavy atom. The van der Waals surface area contributed by atoms with E-state index in [2.05, 4.69) is 15.3 Å². The number of amides is 1. The molecule has 1 N–H and O–H groups in total. The third kappa shape index (κ3) is 4.37. The van der Waals surface area contributed by atoms with Crippen LogP contribution in [0.3, 0.4) is 0 Å². The van der Waals surface area contributed by atoms with Gasteiger partial charge in [-0.25, -0.2) is 0 Å². The van der Waals surface area contributed by atoms with Gasteiger partial charge in [-0.15, -0.1) is 5.10 Å². The monoisotopic (exact) mass is 408 g/mol. The van der Waals surface area contributed by atoms with Gasteiger partial charge in [-0.05, 0) is 55.3 Å². The van der Waals surface area contributed by atoms with E-state index in [4.69, 9.17) is 9.15 Å². The van der Waals surface area contributed by atoms with Crippen molar-refractivity contribution in [2.24, 2.45) is 5.92 Å². The number of hydrogen-bond donors (Lipinski definition) is 1. The van der Waals surface area contributed by atoms with E-state index in [9.17, 15) is 9.59 Å². The van der Waals surface area contributed by atoms with E-state index in [1.54, 1.807) is 49.8 Å². The Kier molecular flexibility index (Phi) is 5.83. The lowest BCUT2D eigenvalue weighted by Crippen LogP contribution is -2.43. The lowest BCUT2D eigenvalue weighted by atomic mass is 9.97. The van der Waals surface area contributed by atoms with Gasteiger partial charge in [0.25, 0.3) is 5.56 Å². The highest BCUT2D eigenvalue weighted by atomic mass is 16.5. The van der Waals surface area contributed by atoms with Gasteiger partial charge in [-0.1, -0.05) is 0 Å². The van der Waals surface area contributed by atoms with Crippen molar-refractivity contribution < 1.29 is 13.9 Å². The van der Waals surface area contributed by atoms with Crippen molar-refractivity contribution in [2.45, 2.75) is 19.4 Å². The van der Waals surface area contributed by atoms with Gasteiger partial charge in [-0.2, -0.15) is 4.68 Å². The van der Waals surface area contributed by atoms with Crippen LogP contribution < -0.4 is 20.5 Å². The molecule has 1 aromatic carbocycles. The number of carbonyl (C=O) groups is 1. The molecule has 1 atom stereocenters. The molecule has 1 saturated heterocycles. The number of carbonyl (C=O) groups excluding carboxylic acids is 1. The van der Waals surface area contributed by atoms with Gasteiger partial charge in [0, 0.05) is 19.2 Å². The maximum absolute atomic E-state index is 12.6. The van der Waals surface area contributed by atoms with Crippen LogP contribution in [0, 0.1) is 5.92 Å². The number of piperidine rings is 1. The maximum Gasteiger partial charge on any atom is 0.271 e. The number of aromatic nitrogens is 2. The minimum absolute atomic E-state index is 0.000393. The second-order valence-corrected chi connectivity index (χ2v) is 7.22. The number of nitrogens with one attached hydrogen (secondary N) is 1. The average Bonchev–Trinajstić information content (AvgIpc) is 3.32. The van der Waals surface area contributed by atoms with E-state index in [0.29, 0.717) is 30.3 Å². The first kappa shape index (κ1) is 19.8. The summed E-state index contributed by atoms with van der Waals surface area (Å²) in [4.78, 5) is 27.0. The minimum Gasteiger partial charge on any atom is -0.497 e. The van der Waals surface area contributed by atoms with Crippen molar-refractivity contribution in [3.05, 3.63) is 70.9 Å². The van der Waals surface area contributed by atoms with E-state index in [0.717, 1.165) is 25.1 Å². The smallest absolute Gasteiger partial charge is 0.271 e. The van der Waals surface area contributed by atoms with Crippen LogP contribution in [0.1, 0.15) is 18.6 Å². The van der Waals surface area contributed by atoms with Crippen LogP contribution in [0.5, 0.6) is 5.75 Å². The van der Waals surface area contributed by atoms with Crippen LogP contribution in [-0.2, 0) is 11.3 Å². The van der Waals surface area contributed by atoms with E-state index < -0.39 is 0 Å². The molecular weight excluding hydrogens is 384 g/mol. The van der Waals surface area contributed by atoms with E-state index in [-0.39, 0.29) is 17.4 Å². The molecule has 30 heavy (non-hydrogen) atoms. The predicted molar refractivity (Wildman–Crippen MR) is 112 cm³/mol. The molecule has 0 bridgehead atoms. The molecule has 0 aliphatic carbocycles. The molecule has 8 nitrogen and oxygen atoms in total. The second-order valence-electron chi connectivity index (χ2n) is 7.22. The number of ether oxygens (including phenoxy) is 1. The fourth-order valence-corrected chi connectivity index (χ4v) is 3.61. The Morgan fingerprint density at radius 3 is 2.80 bits per heavy atom. The first-order chi connectivity index (χ1) is 14.6. The lowest BCUT2D eigenvalue weighted by molar-refractivity contribution is -0.125. The highest BCUT2D eigenvalue weighted by molar-refractivity contribution is 5.79. The zero-order valence-corrected chi connectivity index (χ0v) is 16.8. The van der Waals surface area contributed by atoms with Crippen molar-refractivity contribution >= 4 is 11.7 Å². The minimum atomic E-state index is -0.214. The number of anilines is 1. The van der Waals surface area contributed by atoms with Crippen LogP contribution in [0.25, 0.3) is 5.69 Å². The van der Waals surface area contributed by atoms with Gasteiger partial charge in [0.1, 0.15) is 17.3 Å². The molecule has 0 radical (unpaired) electrons. The highest BCUT2D eigenvalue weighted by Crippen LogP contribution is 2.22. The zero-order chi connectivity index (χ0) is 20.9. The lowest BCUT2D eigenvalue weighted by Gasteiger charge is -2.32. The molecule has 0 unspecified atom stereocenters. The van der Waals surface area contributed by atoms with Gasteiger partial charge in [0.2, 0.25) is 5.91 Å². The van der Waals surface area contributed by atoms with Crippen molar-refractivity contribution in [1.82, 2.24) is 15.1 Å². The van der Waals surface area contributed by atoms with E-state index in [1.165, 1.54) is 10.7 Å². The molecule has 2 aromatic heterocycles. The van der Waals surface area contributed by atoms with E-state index in [1.807, 2.05) is 6.07 Å². The number of rotatable bonds is 6. The summed E-state index contributed by atoms with van der Waals surface area (Å²) in [6.45, 7) is 1.72. The van der Waals surface area contributed by atoms with Gasteiger partial charge in [0.05, 0.1) is 31.5 Å². The molecule has 3 heterocycles. The summed E-state index contributed by atoms with van der Waals surface area (Å²) >= 11 is 0. The fraction of sp³-hybridized carbons (Fsp3) is 0.318. The van der Waals surface area contributed by atoms with Crippen molar-refractivity contribution in [2.75, 3.05) is 25.1 Å². The van der Waals surface area contributed by atoms with Crippen LogP contribution in [0.4, 0.5) is 5.82 Å². The molecule has 156 valence electrons. The van der Waals surface area contributed by atoms with Gasteiger partial charge >= 0.3 is 0 Å². The molecule has 1 aliphatic heterocycles. The Hall–Kier alpha value is -3.55. The Morgan fingerprint density at radius 1 is 1.23 bits per heavy atom. The molecule has 4 rings (SSSR count). The molecular formula is C22H24N4O4. The number of furan rings is 1. The topological polar surface area (TPSA) is 89.6 Å². The maximum atomic E-state index is 12.6. The summed E-state index contributed by atoms with van der Waals surface area (Å²) in [5, 5.41) is 7.48. The largest absolute Gasteiger partial charge is 0.497 e. The summed E-state index contributed by atoms with van der Waals surface area (Å²) in [5.74, 6) is 1.97. The summed E-state index contributed by atoms with van der Waals surface area (Å²) < 4.78 is 11.8. The summed E-state index contributed by atoms with van der Waals surface area (Å²) in [7, 11) is 1.59. The summed E-state index contributed by atoms with van der Waals surface area (Å²) in [6, 6.07) is 14.0. The number of hydrogen-bond acceptors (Lipinski definition) is 6. The number of benzene rings is 1. The Bertz CT molecular complexity index is 1040. The third-order valence-corrected chi connectivity index (χ3v) is 5.24. The summed E-state index contributed by atoms with van der Waals surface area (Å²) in [5.41, 5.74) is 0.445. The SMILES string of the molecule is COc1ccc(-n2nc(N3CCC[C@H](C(=O)NCc4ccco4)C3)ccc2=O)cc1. The van der Waals surface area contributed by atoms with E-state index >= 15 is 0 Å². The molecule has 0 spiro atoms. The Labute approximate surface area is 174 Å². The summed E-state index contributed by atoms with van der Waals surface area (Å²) in [6.07, 6.45) is 3.29. The second kappa shape index (κ2) is 8.86. The molecule has 3 aromatic rings. The van der Waals surface area contributed by atoms with Gasteiger partial charge < -0.3 is 19.4 Å². The number of nitrogens with zero attached hydrogens (tertiary/aromatic N) is 3. The zero-order valence-electron chi connectivity index (χ0n) is 16.8. The van der Waals surface area contributed by atoms with Crippen LogP contribution in [0.15, 0.2) is 64.0 Å². The Balaban J connectivity index is 1.47. The van der Waals surface area contributed by atoms with Crippen LogP contribution in [-0.4, -0.2) is 35.9 Å². The molecule has 1 aliphatic rings. The van der Waals surface area contributed by atoms with Crippen LogP contribution >= 0.6 is 0 Å². The van der Waals surface area contributed by atoms with Crippen molar-refractivity contribution in [1.29, 1.82) is 0 Å². The molecule has 0 saturated carbocycles. The highest BCUT2D eigenvalue weighted by Gasteiger charge is 2.27. The molecule has 1 fully saturated rings. The van der Waals surface area contributed by atoms with Gasteiger partial charge in [-0.3, -0.25) is 9.59 Å². The molecule has 8 heteroatoms. The third-order valence-electron chi connectivity index (χ3n) is 5.24. The van der Waals surface area contributed by atoms with Crippen molar-refractivity contribution in [3.63, 3.8) is 0 Å². The molecule has 1 amide bonds. The van der Waals surface area contributed by atoms with Crippen molar-refractivity contribution in [3.8, 4) is 11.4 Å². The predicted octanol–water partition coefficient (Wildman–Crippen LogP) is 2.37.